The number of ether oxygens (including phenoxy) is 2. The number of hydrogen-bond acceptors (Lipinski definition) is 4. The fraction of sp³-hybridized carbons (Fsp3) is 0.0938. The molecule has 1 heterocycles. The summed E-state index contributed by atoms with van der Waals surface area (Å²) in [6.07, 6.45) is 3.73. The van der Waals surface area contributed by atoms with Crippen LogP contribution >= 0.6 is 0 Å². The Hall–Kier alpha value is -4.57. The lowest BCUT2D eigenvalue weighted by Gasteiger charge is -2.12. The molecule has 0 spiro atoms. The average molecular weight is 475 g/mol. The quantitative estimate of drug-likeness (QED) is 0.235. The predicted molar refractivity (Wildman–Crippen MR) is 144 cm³/mol. The first kappa shape index (κ1) is 23.2. The predicted octanol–water partition coefficient (Wildman–Crippen LogP) is 7.43. The Morgan fingerprint density at radius 3 is 1.86 bits per heavy atom. The monoisotopic (exact) mass is 474 g/mol. The molecular weight excluding hydrogens is 448 g/mol. The summed E-state index contributed by atoms with van der Waals surface area (Å²) in [6.45, 7) is 2.68. The van der Waals surface area contributed by atoms with Crippen LogP contribution in [0.1, 0.15) is 28.0 Å². The molecule has 0 amide bonds. The fourth-order valence-corrected chi connectivity index (χ4v) is 3.92. The molecule has 0 aliphatic rings. The van der Waals surface area contributed by atoms with E-state index in [9.17, 15) is 4.79 Å². The van der Waals surface area contributed by atoms with Crippen LogP contribution in [0.4, 0.5) is 0 Å². The van der Waals surface area contributed by atoms with Crippen molar-refractivity contribution in [2.75, 3.05) is 0 Å². The van der Waals surface area contributed by atoms with E-state index in [2.05, 4.69) is 0 Å². The van der Waals surface area contributed by atoms with Crippen molar-refractivity contribution < 1.29 is 13.9 Å². The molecule has 5 aromatic rings. The molecule has 0 atom stereocenters. The van der Waals surface area contributed by atoms with Crippen molar-refractivity contribution in [1.82, 2.24) is 0 Å². The van der Waals surface area contributed by atoms with E-state index in [0.717, 1.165) is 16.7 Å². The zero-order valence-electron chi connectivity index (χ0n) is 20.0. The summed E-state index contributed by atoms with van der Waals surface area (Å²) in [5.41, 5.74) is 4.15. The molecule has 0 unspecified atom stereocenters. The molecule has 0 saturated carbocycles. The van der Waals surface area contributed by atoms with E-state index in [-0.39, 0.29) is 5.43 Å². The van der Waals surface area contributed by atoms with Crippen LogP contribution in [-0.4, -0.2) is 0 Å². The number of para-hydroxylation sites is 1. The maximum atomic E-state index is 12.8. The van der Waals surface area contributed by atoms with Gasteiger partial charge in [0.15, 0.2) is 5.43 Å². The minimum Gasteiger partial charge on any atom is -0.489 e. The third-order valence-electron chi connectivity index (χ3n) is 5.89. The third kappa shape index (κ3) is 5.56. The van der Waals surface area contributed by atoms with E-state index in [1.54, 1.807) is 19.1 Å². The summed E-state index contributed by atoms with van der Waals surface area (Å²) >= 11 is 0. The number of benzene rings is 4. The van der Waals surface area contributed by atoms with Gasteiger partial charge in [0.2, 0.25) is 0 Å². The average Bonchev–Trinajstić information content (AvgIpc) is 2.93. The Morgan fingerprint density at radius 1 is 0.694 bits per heavy atom. The maximum absolute atomic E-state index is 12.8. The van der Waals surface area contributed by atoms with Gasteiger partial charge in [-0.1, -0.05) is 78.9 Å². The highest BCUT2D eigenvalue weighted by atomic mass is 16.5. The van der Waals surface area contributed by atoms with Gasteiger partial charge in [0.25, 0.3) is 0 Å². The smallest absolute Gasteiger partial charge is 0.196 e. The molecule has 1 aromatic heterocycles. The van der Waals surface area contributed by atoms with Gasteiger partial charge >= 0.3 is 0 Å². The van der Waals surface area contributed by atoms with Crippen LogP contribution < -0.4 is 14.9 Å². The van der Waals surface area contributed by atoms with Crippen LogP contribution in [-0.2, 0) is 13.2 Å². The Morgan fingerprint density at radius 2 is 1.25 bits per heavy atom. The molecule has 0 saturated heterocycles. The zero-order chi connectivity index (χ0) is 24.7. The van der Waals surface area contributed by atoms with E-state index in [1.807, 2.05) is 103 Å². The molecule has 5 rings (SSSR count). The van der Waals surface area contributed by atoms with E-state index in [4.69, 9.17) is 13.9 Å². The fourth-order valence-electron chi connectivity index (χ4n) is 3.92. The summed E-state index contributed by atoms with van der Waals surface area (Å²) in [5.74, 6) is 1.92. The molecule has 0 aliphatic carbocycles. The Bertz CT molecular complexity index is 1490. The lowest BCUT2D eigenvalue weighted by molar-refractivity contribution is 0.290. The van der Waals surface area contributed by atoms with Crippen LogP contribution in [0, 0.1) is 6.92 Å². The number of fused-ring (bicyclic) bond motifs is 1. The van der Waals surface area contributed by atoms with E-state index in [1.165, 1.54) is 0 Å². The zero-order valence-corrected chi connectivity index (χ0v) is 20.0. The van der Waals surface area contributed by atoms with Gasteiger partial charge in [-0.3, -0.25) is 4.79 Å². The van der Waals surface area contributed by atoms with Gasteiger partial charge in [0, 0.05) is 11.6 Å². The summed E-state index contributed by atoms with van der Waals surface area (Å²) in [6, 6.07) is 33.1. The van der Waals surface area contributed by atoms with Gasteiger partial charge in [-0.15, -0.1) is 0 Å². The second-order valence-corrected chi connectivity index (χ2v) is 8.54. The SMILES string of the molecule is Cc1c(/C=C/c2cc(OCc3ccccc3)cc(OCc3ccccc3)c2)oc2ccccc2c1=O. The van der Waals surface area contributed by atoms with Crippen molar-refractivity contribution in [1.29, 1.82) is 0 Å². The molecule has 4 aromatic carbocycles. The Balaban J connectivity index is 1.44. The first-order chi connectivity index (χ1) is 17.7. The van der Waals surface area contributed by atoms with Crippen molar-refractivity contribution in [3.05, 3.63) is 141 Å². The van der Waals surface area contributed by atoms with Crippen molar-refractivity contribution in [3.63, 3.8) is 0 Å². The lowest BCUT2D eigenvalue weighted by Crippen LogP contribution is -2.06. The highest BCUT2D eigenvalue weighted by molar-refractivity contribution is 5.79. The minimum absolute atomic E-state index is 0.0247. The van der Waals surface area contributed by atoms with Gasteiger partial charge in [0.1, 0.15) is 36.1 Å². The standard InChI is InChI=1S/C32H26O4/c1-23-30(36-31-15-9-8-14-29(31)32(23)33)17-16-26-18-27(34-21-24-10-4-2-5-11-24)20-28(19-26)35-22-25-12-6-3-7-13-25/h2-20H,21-22H2,1H3/b17-16+. The molecular formula is C32H26O4. The van der Waals surface area contributed by atoms with Crippen LogP contribution in [0.15, 0.2) is 112 Å². The first-order valence-electron chi connectivity index (χ1n) is 11.8. The molecule has 36 heavy (non-hydrogen) atoms. The molecule has 0 N–H and O–H groups in total. The highest BCUT2D eigenvalue weighted by Gasteiger charge is 2.09. The number of rotatable bonds is 8. The summed E-state index contributed by atoms with van der Waals surface area (Å²) in [5, 5.41) is 0.583. The second-order valence-electron chi connectivity index (χ2n) is 8.54. The summed E-state index contributed by atoms with van der Waals surface area (Å²) < 4.78 is 18.2. The maximum Gasteiger partial charge on any atom is 0.196 e. The van der Waals surface area contributed by atoms with Crippen LogP contribution in [0.25, 0.3) is 23.1 Å². The van der Waals surface area contributed by atoms with Crippen molar-refractivity contribution in [2.24, 2.45) is 0 Å². The third-order valence-corrected chi connectivity index (χ3v) is 5.89. The van der Waals surface area contributed by atoms with Crippen molar-refractivity contribution in [2.45, 2.75) is 20.1 Å². The van der Waals surface area contributed by atoms with E-state index >= 15 is 0 Å². The number of hydrogen-bond donors (Lipinski definition) is 0. The topological polar surface area (TPSA) is 48.7 Å². The lowest BCUT2D eigenvalue weighted by atomic mass is 10.1. The van der Waals surface area contributed by atoms with Crippen LogP contribution in [0.2, 0.25) is 0 Å². The van der Waals surface area contributed by atoms with Crippen LogP contribution in [0.3, 0.4) is 0 Å². The molecule has 0 fully saturated rings. The second kappa shape index (κ2) is 10.8. The first-order valence-corrected chi connectivity index (χ1v) is 11.8. The summed E-state index contributed by atoms with van der Waals surface area (Å²) in [4.78, 5) is 12.8. The van der Waals surface area contributed by atoms with Crippen molar-refractivity contribution >= 4 is 23.1 Å². The molecule has 0 bridgehead atoms. The molecule has 178 valence electrons. The normalized spacial score (nSPS) is 11.1. The van der Waals surface area contributed by atoms with Gasteiger partial charge in [-0.25, -0.2) is 0 Å². The van der Waals surface area contributed by atoms with Crippen LogP contribution in [0.5, 0.6) is 11.5 Å². The van der Waals surface area contributed by atoms with Gasteiger partial charge in [-0.2, -0.15) is 0 Å². The van der Waals surface area contributed by atoms with Gasteiger partial charge in [-0.05, 0) is 54.0 Å². The Kier molecular flexibility index (Phi) is 6.95. The minimum atomic E-state index is -0.0247. The summed E-state index contributed by atoms with van der Waals surface area (Å²) in [7, 11) is 0. The van der Waals surface area contributed by atoms with Crippen molar-refractivity contribution in [3.8, 4) is 11.5 Å². The molecule has 4 nitrogen and oxygen atoms in total. The van der Waals surface area contributed by atoms with E-state index < -0.39 is 0 Å². The largest absolute Gasteiger partial charge is 0.489 e. The Labute approximate surface area is 210 Å². The molecule has 0 radical (unpaired) electrons. The molecule has 4 heteroatoms. The van der Waals surface area contributed by atoms with Gasteiger partial charge < -0.3 is 13.9 Å². The van der Waals surface area contributed by atoms with Gasteiger partial charge in [0.05, 0.1) is 5.39 Å². The van der Waals surface area contributed by atoms with E-state index in [0.29, 0.717) is 47.0 Å². The molecule has 0 aliphatic heterocycles. The highest BCUT2D eigenvalue weighted by Crippen LogP contribution is 2.27.